The van der Waals surface area contributed by atoms with E-state index in [0.717, 1.165) is 38.4 Å². The smallest absolute Gasteiger partial charge is 0.122 e. The molecule has 1 N–H and O–H groups in total. The Labute approximate surface area is 126 Å². The lowest BCUT2D eigenvalue weighted by Crippen LogP contribution is -2.20. The van der Waals surface area contributed by atoms with Crippen LogP contribution in [0, 0.1) is 6.92 Å². The van der Waals surface area contributed by atoms with Crippen molar-refractivity contribution in [2.24, 2.45) is 0 Å². The number of rotatable bonds is 5. The van der Waals surface area contributed by atoms with Crippen LogP contribution >= 0.6 is 0 Å². The predicted molar refractivity (Wildman–Crippen MR) is 83.6 cm³/mol. The average molecular weight is 285 g/mol. The van der Waals surface area contributed by atoms with Gasteiger partial charge in [0.05, 0.1) is 12.8 Å². The first-order valence-corrected chi connectivity index (χ1v) is 7.73. The Morgan fingerprint density at radius 3 is 3.10 bits per heavy atom. The van der Waals surface area contributed by atoms with Crippen molar-refractivity contribution in [3.05, 3.63) is 47.3 Å². The van der Waals surface area contributed by atoms with E-state index in [1.807, 2.05) is 12.3 Å². The molecule has 0 amide bonds. The average Bonchev–Trinajstić information content (AvgIpc) is 2.86. The Kier molecular flexibility index (Phi) is 4.25. The number of nitrogens with one attached hydrogen (secondary N) is 1. The van der Waals surface area contributed by atoms with Crippen molar-refractivity contribution in [1.29, 1.82) is 0 Å². The Hall–Kier alpha value is -1.81. The first-order chi connectivity index (χ1) is 10.3. The lowest BCUT2D eigenvalue weighted by molar-refractivity contribution is 0.256. The third kappa shape index (κ3) is 2.95. The molecule has 1 aromatic heterocycles. The fourth-order valence-electron chi connectivity index (χ4n) is 2.92. The summed E-state index contributed by atoms with van der Waals surface area (Å²) in [6, 6.07) is 8.37. The number of aromatic nitrogens is 2. The molecule has 2 heterocycles. The molecule has 0 radical (unpaired) electrons. The van der Waals surface area contributed by atoms with Crippen molar-refractivity contribution < 1.29 is 4.74 Å². The zero-order chi connectivity index (χ0) is 14.7. The number of benzene rings is 1. The van der Waals surface area contributed by atoms with Crippen molar-refractivity contribution in [2.75, 3.05) is 13.2 Å². The highest BCUT2D eigenvalue weighted by atomic mass is 16.5. The monoisotopic (exact) mass is 285 g/mol. The standard InChI is InChI=1S/C17H23N3O/c1-3-18-10-15-11-19-20(13(15)2)12-14-8-9-21-17-7-5-4-6-16(14)17/h4-7,11,14,18H,3,8-10,12H2,1-2H3. The lowest BCUT2D eigenvalue weighted by atomic mass is 9.93. The quantitative estimate of drug-likeness (QED) is 0.918. The molecule has 1 unspecified atom stereocenters. The van der Waals surface area contributed by atoms with Gasteiger partial charge in [-0.05, 0) is 31.5 Å². The molecule has 21 heavy (non-hydrogen) atoms. The Bertz CT molecular complexity index is 606. The first kappa shape index (κ1) is 14.1. The zero-order valence-corrected chi connectivity index (χ0v) is 12.8. The van der Waals surface area contributed by atoms with Crippen LogP contribution < -0.4 is 10.1 Å². The second-order valence-electron chi connectivity index (χ2n) is 5.59. The van der Waals surface area contributed by atoms with Crippen LogP contribution in [0.3, 0.4) is 0 Å². The van der Waals surface area contributed by atoms with Gasteiger partial charge >= 0.3 is 0 Å². The summed E-state index contributed by atoms with van der Waals surface area (Å²) in [5.74, 6) is 1.52. The maximum atomic E-state index is 5.74. The van der Waals surface area contributed by atoms with E-state index in [-0.39, 0.29) is 0 Å². The second-order valence-corrected chi connectivity index (χ2v) is 5.59. The fraction of sp³-hybridized carbons (Fsp3) is 0.471. The van der Waals surface area contributed by atoms with Crippen LogP contribution in [0.2, 0.25) is 0 Å². The molecule has 1 aliphatic heterocycles. The van der Waals surface area contributed by atoms with E-state index in [1.54, 1.807) is 0 Å². The van der Waals surface area contributed by atoms with Crippen LogP contribution in [-0.2, 0) is 13.1 Å². The highest BCUT2D eigenvalue weighted by Crippen LogP contribution is 2.34. The molecule has 4 heteroatoms. The highest BCUT2D eigenvalue weighted by Gasteiger charge is 2.22. The molecule has 4 nitrogen and oxygen atoms in total. The molecule has 1 aliphatic rings. The number of hydrogen-bond acceptors (Lipinski definition) is 3. The minimum atomic E-state index is 0.487. The molecule has 1 atom stereocenters. The summed E-state index contributed by atoms with van der Waals surface area (Å²) in [5.41, 5.74) is 3.86. The summed E-state index contributed by atoms with van der Waals surface area (Å²) in [7, 11) is 0. The third-order valence-electron chi connectivity index (χ3n) is 4.25. The molecule has 112 valence electrons. The largest absolute Gasteiger partial charge is 0.493 e. The van der Waals surface area contributed by atoms with Gasteiger partial charge in [0.25, 0.3) is 0 Å². The van der Waals surface area contributed by atoms with Gasteiger partial charge in [-0.1, -0.05) is 25.1 Å². The normalized spacial score (nSPS) is 17.3. The van der Waals surface area contributed by atoms with Crippen LogP contribution in [0.4, 0.5) is 0 Å². The van der Waals surface area contributed by atoms with Gasteiger partial charge in [-0.3, -0.25) is 4.68 Å². The van der Waals surface area contributed by atoms with Gasteiger partial charge in [0.2, 0.25) is 0 Å². The molecule has 0 saturated heterocycles. The molecule has 0 fully saturated rings. The summed E-state index contributed by atoms with van der Waals surface area (Å²) in [6.45, 7) is 7.89. The van der Waals surface area contributed by atoms with E-state index in [4.69, 9.17) is 4.74 Å². The summed E-state index contributed by atoms with van der Waals surface area (Å²) in [4.78, 5) is 0. The maximum absolute atomic E-state index is 5.74. The van der Waals surface area contributed by atoms with Crippen LogP contribution in [0.25, 0.3) is 0 Å². The number of fused-ring (bicyclic) bond motifs is 1. The SMILES string of the molecule is CCNCc1cnn(CC2CCOc3ccccc32)c1C. The van der Waals surface area contributed by atoms with E-state index in [9.17, 15) is 0 Å². The van der Waals surface area contributed by atoms with E-state index in [2.05, 4.69) is 47.1 Å². The Morgan fingerprint density at radius 2 is 2.24 bits per heavy atom. The van der Waals surface area contributed by atoms with Gasteiger partial charge in [-0.2, -0.15) is 5.10 Å². The molecule has 3 rings (SSSR count). The first-order valence-electron chi connectivity index (χ1n) is 7.73. The van der Waals surface area contributed by atoms with E-state index in [0.29, 0.717) is 5.92 Å². The summed E-state index contributed by atoms with van der Waals surface area (Å²) >= 11 is 0. The molecule has 0 saturated carbocycles. The molecule has 0 spiro atoms. The van der Waals surface area contributed by atoms with Crippen molar-refractivity contribution in [3.8, 4) is 5.75 Å². The van der Waals surface area contributed by atoms with Crippen LogP contribution in [-0.4, -0.2) is 22.9 Å². The van der Waals surface area contributed by atoms with Crippen molar-refractivity contribution in [2.45, 2.75) is 39.3 Å². The fourth-order valence-corrected chi connectivity index (χ4v) is 2.92. The molecule has 0 bridgehead atoms. The van der Waals surface area contributed by atoms with Gasteiger partial charge in [-0.25, -0.2) is 0 Å². The predicted octanol–water partition coefficient (Wildman–Crippen LogP) is 2.87. The van der Waals surface area contributed by atoms with Crippen LogP contribution in [0.5, 0.6) is 5.75 Å². The van der Waals surface area contributed by atoms with Gasteiger partial charge in [0, 0.05) is 30.3 Å². The van der Waals surface area contributed by atoms with E-state index in [1.165, 1.54) is 16.8 Å². The number of ether oxygens (including phenoxy) is 1. The lowest BCUT2D eigenvalue weighted by Gasteiger charge is -2.26. The van der Waals surface area contributed by atoms with Gasteiger partial charge in [0.15, 0.2) is 0 Å². The zero-order valence-electron chi connectivity index (χ0n) is 12.8. The number of nitrogens with zero attached hydrogens (tertiary/aromatic N) is 2. The van der Waals surface area contributed by atoms with E-state index >= 15 is 0 Å². The molecule has 2 aromatic rings. The minimum absolute atomic E-state index is 0.487. The Balaban J connectivity index is 1.77. The minimum Gasteiger partial charge on any atom is -0.493 e. The highest BCUT2D eigenvalue weighted by molar-refractivity contribution is 5.37. The van der Waals surface area contributed by atoms with Gasteiger partial charge < -0.3 is 10.1 Å². The molecular formula is C17H23N3O. The Morgan fingerprint density at radius 1 is 1.38 bits per heavy atom. The number of hydrogen-bond donors (Lipinski definition) is 1. The van der Waals surface area contributed by atoms with Crippen molar-refractivity contribution in [3.63, 3.8) is 0 Å². The van der Waals surface area contributed by atoms with Gasteiger partial charge in [0.1, 0.15) is 5.75 Å². The van der Waals surface area contributed by atoms with Crippen molar-refractivity contribution >= 4 is 0 Å². The maximum Gasteiger partial charge on any atom is 0.122 e. The number of para-hydroxylation sites is 1. The third-order valence-corrected chi connectivity index (χ3v) is 4.25. The summed E-state index contributed by atoms with van der Waals surface area (Å²) in [5, 5.41) is 7.94. The topological polar surface area (TPSA) is 39.1 Å². The van der Waals surface area contributed by atoms with Crippen LogP contribution in [0.1, 0.15) is 36.1 Å². The molecule has 0 aliphatic carbocycles. The van der Waals surface area contributed by atoms with Gasteiger partial charge in [-0.15, -0.1) is 0 Å². The second kappa shape index (κ2) is 6.31. The van der Waals surface area contributed by atoms with E-state index < -0.39 is 0 Å². The summed E-state index contributed by atoms with van der Waals surface area (Å²) < 4.78 is 7.88. The molecule has 1 aromatic carbocycles. The summed E-state index contributed by atoms with van der Waals surface area (Å²) in [6.07, 6.45) is 3.04. The van der Waals surface area contributed by atoms with Crippen LogP contribution in [0.15, 0.2) is 30.5 Å². The van der Waals surface area contributed by atoms with Crippen molar-refractivity contribution in [1.82, 2.24) is 15.1 Å². The molecular weight excluding hydrogens is 262 g/mol.